The smallest absolute Gasteiger partial charge is 0.337 e. The molecule has 2 amide bonds. The maximum Gasteiger partial charge on any atom is 0.337 e. The van der Waals surface area contributed by atoms with Gasteiger partial charge in [0, 0.05) is 17.3 Å². The Kier molecular flexibility index (Phi) is 7.06. The number of esters is 1. The molecule has 4 rings (SSSR count). The zero-order chi connectivity index (χ0) is 24.1. The van der Waals surface area contributed by atoms with Gasteiger partial charge in [-0.1, -0.05) is 37.1 Å². The standard InChI is InChI=1S/C26H25FN2O5/c1-33-26(32)17-8-6-11-19(16-17)29(25(31)22-14-7-15-34-22)23(20-12-4-5-13-21(20)27)24(30)28-18-9-2-3-10-18/h4-8,11-16,18,23H,2-3,9-10H2,1H3,(H,28,30). The van der Waals surface area contributed by atoms with Crippen LogP contribution in [0.5, 0.6) is 0 Å². The fraction of sp³-hybridized carbons (Fsp3) is 0.269. The van der Waals surface area contributed by atoms with E-state index in [0.717, 1.165) is 30.6 Å². The Labute approximate surface area is 196 Å². The van der Waals surface area contributed by atoms with Crippen LogP contribution in [-0.4, -0.2) is 30.9 Å². The molecule has 34 heavy (non-hydrogen) atoms. The Hall–Kier alpha value is -3.94. The zero-order valence-corrected chi connectivity index (χ0v) is 18.7. The molecule has 1 aliphatic carbocycles. The molecular weight excluding hydrogens is 439 g/mol. The molecule has 176 valence electrons. The van der Waals surface area contributed by atoms with E-state index in [1.807, 2.05) is 0 Å². The lowest BCUT2D eigenvalue weighted by molar-refractivity contribution is -0.123. The molecule has 0 radical (unpaired) electrons. The molecule has 1 N–H and O–H groups in total. The highest BCUT2D eigenvalue weighted by atomic mass is 19.1. The van der Waals surface area contributed by atoms with Crippen LogP contribution in [0.1, 0.15) is 58.2 Å². The predicted octanol–water partition coefficient (Wildman–Crippen LogP) is 4.65. The van der Waals surface area contributed by atoms with Crippen LogP contribution < -0.4 is 10.2 Å². The minimum absolute atomic E-state index is 0.0291. The second kappa shape index (κ2) is 10.3. The lowest BCUT2D eigenvalue weighted by Crippen LogP contribution is -2.46. The molecule has 0 saturated heterocycles. The number of halogens is 1. The summed E-state index contributed by atoms with van der Waals surface area (Å²) in [5.74, 6) is -2.43. The van der Waals surface area contributed by atoms with E-state index in [-0.39, 0.29) is 28.6 Å². The maximum absolute atomic E-state index is 15.0. The van der Waals surface area contributed by atoms with Crippen molar-refractivity contribution in [2.45, 2.75) is 37.8 Å². The summed E-state index contributed by atoms with van der Waals surface area (Å²) in [5, 5.41) is 2.98. The first-order valence-corrected chi connectivity index (χ1v) is 11.1. The fourth-order valence-electron chi connectivity index (χ4n) is 4.25. The minimum Gasteiger partial charge on any atom is -0.465 e. The number of benzene rings is 2. The SMILES string of the molecule is COC(=O)c1cccc(N(C(=O)c2ccco2)C(C(=O)NC2CCCC2)c2ccccc2F)c1. The summed E-state index contributed by atoms with van der Waals surface area (Å²) in [7, 11) is 1.25. The van der Waals surface area contributed by atoms with E-state index in [4.69, 9.17) is 9.15 Å². The van der Waals surface area contributed by atoms with Crippen molar-refractivity contribution < 1.29 is 27.9 Å². The molecule has 0 bridgehead atoms. The summed E-state index contributed by atoms with van der Waals surface area (Å²) >= 11 is 0. The average molecular weight is 464 g/mol. The quantitative estimate of drug-likeness (QED) is 0.514. The van der Waals surface area contributed by atoms with Gasteiger partial charge in [-0.15, -0.1) is 0 Å². The molecule has 8 heteroatoms. The molecule has 1 aliphatic rings. The first kappa shape index (κ1) is 23.2. The van der Waals surface area contributed by atoms with Gasteiger partial charge >= 0.3 is 5.97 Å². The van der Waals surface area contributed by atoms with Gasteiger partial charge in [0.15, 0.2) is 5.76 Å². The molecule has 0 aliphatic heterocycles. The number of rotatable bonds is 7. The number of carbonyl (C=O) groups is 3. The van der Waals surface area contributed by atoms with Crippen molar-refractivity contribution in [2.75, 3.05) is 12.0 Å². The van der Waals surface area contributed by atoms with Gasteiger partial charge in [0.2, 0.25) is 5.91 Å². The maximum atomic E-state index is 15.0. The minimum atomic E-state index is -1.34. The third-order valence-corrected chi connectivity index (χ3v) is 5.90. The highest BCUT2D eigenvalue weighted by Gasteiger charge is 2.37. The van der Waals surface area contributed by atoms with E-state index in [1.165, 1.54) is 49.8 Å². The van der Waals surface area contributed by atoms with Crippen molar-refractivity contribution in [1.82, 2.24) is 5.32 Å². The number of hydrogen-bond donors (Lipinski definition) is 1. The first-order valence-electron chi connectivity index (χ1n) is 11.1. The normalized spacial score (nSPS) is 14.4. The third kappa shape index (κ3) is 4.85. The molecule has 1 saturated carbocycles. The zero-order valence-electron chi connectivity index (χ0n) is 18.7. The van der Waals surface area contributed by atoms with Crippen molar-refractivity contribution in [3.05, 3.63) is 89.6 Å². The van der Waals surface area contributed by atoms with Gasteiger partial charge in [0.1, 0.15) is 11.9 Å². The van der Waals surface area contributed by atoms with E-state index in [0.29, 0.717) is 0 Å². The molecule has 1 aromatic heterocycles. The van der Waals surface area contributed by atoms with Gasteiger partial charge in [-0.2, -0.15) is 0 Å². The van der Waals surface area contributed by atoms with Crippen molar-refractivity contribution >= 4 is 23.5 Å². The number of nitrogens with one attached hydrogen (secondary N) is 1. The van der Waals surface area contributed by atoms with Gasteiger partial charge in [-0.25, -0.2) is 9.18 Å². The number of methoxy groups -OCH3 is 1. The highest BCUT2D eigenvalue weighted by Crippen LogP contribution is 2.32. The van der Waals surface area contributed by atoms with Crippen LogP contribution in [0.4, 0.5) is 10.1 Å². The summed E-state index contributed by atoms with van der Waals surface area (Å²) in [4.78, 5) is 40.6. The Morgan fingerprint density at radius 1 is 1.06 bits per heavy atom. The van der Waals surface area contributed by atoms with Crippen LogP contribution in [0.15, 0.2) is 71.3 Å². The van der Waals surface area contributed by atoms with Gasteiger partial charge in [0.05, 0.1) is 18.9 Å². The molecular formula is C26H25FN2O5. The third-order valence-electron chi connectivity index (χ3n) is 5.90. The van der Waals surface area contributed by atoms with Crippen LogP contribution in [0, 0.1) is 5.82 Å². The van der Waals surface area contributed by atoms with Crippen LogP contribution in [0.25, 0.3) is 0 Å². The molecule has 1 unspecified atom stereocenters. The Balaban J connectivity index is 1.85. The van der Waals surface area contributed by atoms with Crippen LogP contribution in [0.3, 0.4) is 0 Å². The topological polar surface area (TPSA) is 88.8 Å². The number of nitrogens with zero attached hydrogens (tertiary/aromatic N) is 1. The lowest BCUT2D eigenvalue weighted by Gasteiger charge is -2.32. The number of amides is 2. The largest absolute Gasteiger partial charge is 0.465 e. The van der Waals surface area contributed by atoms with Gasteiger partial charge in [0.25, 0.3) is 5.91 Å². The fourth-order valence-corrected chi connectivity index (χ4v) is 4.25. The second-order valence-corrected chi connectivity index (χ2v) is 8.11. The van der Waals surface area contributed by atoms with Crippen LogP contribution in [-0.2, 0) is 9.53 Å². The number of ether oxygens (including phenoxy) is 1. The van der Waals surface area contributed by atoms with Crippen molar-refractivity contribution in [3.63, 3.8) is 0 Å². The summed E-state index contributed by atoms with van der Waals surface area (Å²) in [5.41, 5.74) is 0.432. The van der Waals surface area contributed by atoms with E-state index in [2.05, 4.69) is 5.32 Å². The second-order valence-electron chi connectivity index (χ2n) is 8.11. The van der Waals surface area contributed by atoms with E-state index < -0.39 is 29.6 Å². The molecule has 7 nitrogen and oxygen atoms in total. The molecule has 1 fully saturated rings. The number of hydrogen-bond acceptors (Lipinski definition) is 5. The van der Waals surface area contributed by atoms with Crippen molar-refractivity contribution in [2.24, 2.45) is 0 Å². The molecule has 1 heterocycles. The number of furan rings is 1. The van der Waals surface area contributed by atoms with Gasteiger partial charge < -0.3 is 14.5 Å². The monoisotopic (exact) mass is 464 g/mol. The van der Waals surface area contributed by atoms with Gasteiger partial charge in [-0.3, -0.25) is 14.5 Å². The predicted molar refractivity (Wildman–Crippen MR) is 123 cm³/mol. The summed E-state index contributed by atoms with van der Waals surface area (Å²) < 4.78 is 25.2. The summed E-state index contributed by atoms with van der Waals surface area (Å²) in [6.07, 6.45) is 4.96. The Bertz CT molecular complexity index is 1170. The molecule has 0 spiro atoms. The summed E-state index contributed by atoms with van der Waals surface area (Å²) in [6.45, 7) is 0. The molecule has 3 aromatic rings. The molecule has 2 aromatic carbocycles. The van der Waals surface area contributed by atoms with Crippen LogP contribution in [0.2, 0.25) is 0 Å². The first-order chi connectivity index (χ1) is 16.5. The lowest BCUT2D eigenvalue weighted by atomic mass is 10.0. The average Bonchev–Trinajstić information content (AvgIpc) is 3.57. The highest BCUT2D eigenvalue weighted by molar-refractivity contribution is 6.09. The van der Waals surface area contributed by atoms with Crippen LogP contribution >= 0.6 is 0 Å². The Morgan fingerprint density at radius 2 is 1.82 bits per heavy atom. The number of carbonyl (C=O) groups excluding carboxylic acids is 3. The van der Waals surface area contributed by atoms with E-state index in [9.17, 15) is 14.4 Å². The van der Waals surface area contributed by atoms with E-state index in [1.54, 1.807) is 24.3 Å². The van der Waals surface area contributed by atoms with Crippen molar-refractivity contribution in [3.8, 4) is 0 Å². The molecule has 1 atom stereocenters. The van der Waals surface area contributed by atoms with Gasteiger partial charge in [-0.05, 0) is 49.2 Å². The Morgan fingerprint density at radius 3 is 2.50 bits per heavy atom. The number of anilines is 1. The summed E-state index contributed by atoms with van der Waals surface area (Å²) in [6, 6.07) is 13.6. The van der Waals surface area contributed by atoms with Crippen molar-refractivity contribution in [1.29, 1.82) is 0 Å². The van der Waals surface area contributed by atoms with E-state index >= 15 is 4.39 Å².